The molecule has 1 saturated carbocycles. The van der Waals surface area contributed by atoms with Crippen LogP contribution in [0.4, 0.5) is 5.13 Å². The second-order valence-corrected chi connectivity index (χ2v) is 5.82. The Hall–Kier alpha value is -2.16. The molecule has 0 radical (unpaired) electrons. The van der Waals surface area contributed by atoms with Gasteiger partial charge in [-0.3, -0.25) is 4.79 Å². The molecule has 1 heterocycles. The molecule has 0 amide bonds. The number of hydrogen-bond acceptors (Lipinski definition) is 8. The van der Waals surface area contributed by atoms with Crippen molar-refractivity contribution in [2.24, 2.45) is 5.16 Å². The molecule has 1 aliphatic rings. The smallest absolute Gasteiger partial charge is 0.360 e. The molecule has 0 unspecified atom stereocenters. The van der Waals surface area contributed by atoms with E-state index in [4.69, 9.17) is 20.4 Å². The molecule has 1 aliphatic carbocycles. The van der Waals surface area contributed by atoms with Gasteiger partial charge >= 0.3 is 11.9 Å². The number of oxime groups is 1. The molecule has 0 aliphatic heterocycles. The summed E-state index contributed by atoms with van der Waals surface area (Å²) in [5.41, 5.74) is 5.40. The lowest BCUT2D eigenvalue weighted by molar-refractivity contribution is -0.149. The van der Waals surface area contributed by atoms with E-state index in [1.807, 2.05) is 0 Å². The molecule has 1 aromatic rings. The number of carbonyl (C=O) groups excluding carboxylic acids is 1. The van der Waals surface area contributed by atoms with Gasteiger partial charge in [-0.2, -0.15) is 0 Å². The Labute approximate surface area is 130 Å². The molecule has 0 bridgehead atoms. The standard InChI is InChI=1S/C13H17N3O5S/c1-7(17)20-8-2-4-9(5-3-8)21-16-11(12(18)19)10-6-22-13(14)15-10/h6,8-9H,2-5H2,1H3,(H2,14,15)(H,18,19)/b16-11-/t8-,9+. The summed E-state index contributed by atoms with van der Waals surface area (Å²) in [4.78, 5) is 31.3. The monoisotopic (exact) mass is 327 g/mol. The third-order valence-corrected chi connectivity index (χ3v) is 3.89. The predicted octanol–water partition coefficient (Wildman–Crippen LogP) is 1.40. The highest BCUT2D eigenvalue weighted by atomic mass is 32.1. The Balaban J connectivity index is 1.92. The quantitative estimate of drug-likeness (QED) is 0.476. The summed E-state index contributed by atoms with van der Waals surface area (Å²) in [7, 11) is 0. The number of thiazole rings is 1. The molecule has 0 spiro atoms. The fourth-order valence-corrected chi connectivity index (χ4v) is 2.76. The minimum absolute atomic E-state index is 0.0985. The summed E-state index contributed by atoms with van der Waals surface area (Å²) < 4.78 is 5.13. The van der Waals surface area contributed by atoms with Crippen LogP contribution < -0.4 is 5.73 Å². The number of aromatic nitrogens is 1. The largest absolute Gasteiger partial charge is 0.476 e. The van der Waals surface area contributed by atoms with Gasteiger partial charge < -0.3 is 20.4 Å². The summed E-state index contributed by atoms with van der Waals surface area (Å²) in [5, 5.41) is 14.7. The van der Waals surface area contributed by atoms with Crippen LogP contribution >= 0.6 is 11.3 Å². The molecule has 3 N–H and O–H groups in total. The maximum Gasteiger partial charge on any atom is 0.360 e. The van der Waals surface area contributed by atoms with Gasteiger partial charge in [0.1, 0.15) is 17.9 Å². The zero-order valence-corrected chi connectivity index (χ0v) is 12.8. The molecule has 2 rings (SSSR count). The summed E-state index contributed by atoms with van der Waals surface area (Å²) >= 11 is 1.14. The van der Waals surface area contributed by atoms with Crippen LogP contribution in [0.2, 0.25) is 0 Å². The van der Waals surface area contributed by atoms with Gasteiger partial charge in [0.05, 0.1) is 0 Å². The van der Waals surface area contributed by atoms with Gasteiger partial charge in [-0.15, -0.1) is 11.3 Å². The maximum absolute atomic E-state index is 11.2. The van der Waals surface area contributed by atoms with Crippen LogP contribution in [0.5, 0.6) is 0 Å². The molecular formula is C13H17N3O5S. The average molecular weight is 327 g/mol. The first-order valence-corrected chi connectivity index (χ1v) is 7.69. The number of carboxylic acid groups (broad SMARTS) is 1. The average Bonchev–Trinajstić information content (AvgIpc) is 2.86. The highest BCUT2D eigenvalue weighted by molar-refractivity contribution is 7.13. The van der Waals surface area contributed by atoms with Gasteiger partial charge in [-0.25, -0.2) is 9.78 Å². The summed E-state index contributed by atoms with van der Waals surface area (Å²) in [5.74, 6) is -1.52. The first-order valence-electron chi connectivity index (χ1n) is 6.81. The summed E-state index contributed by atoms with van der Waals surface area (Å²) in [6.07, 6.45) is 2.34. The minimum atomic E-state index is -1.22. The van der Waals surface area contributed by atoms with Crippen molar-refractivity contribution >= 4 is 34.1 Å². The number of aliphatic carboxylic acids is 1. The van der Waals surface area contributed by atoms with E-state index in [2.05, 4.69) is 10.1 Å². The van der Waals surface area contributed by atoms with Crippen LogP contribution in [-0.2, 0) is 19.2 Å². The first kappa shape index (κ1) is 16.2. The normalized spacial score (nSPS) is 22.1. The first-order chi connectivity index (χ1) is 10.5. The zero-order chi connectivity index (χ0) is 16.1. The number of anilines is 1. The van der Waals surface area contributed by atoms with E-state index in [9.17, 15) is 9.59 Å². The second kappa shape index (κ2) is 7.21. The van der Waals surface area contributed by atoms with Crippen molar-refractivity contribution in [1.29, 1.82) is 0 Å². The lowest BCUT2D eigenvalue weighted by atomic mass is 9.95. The van der Waals surface area contributed by atoms with Crippen LogP contribution in [0.15, 0.2) is 10.5 Å². The van der Waals surface area contributed by atoms with Crippen molar-refractivity contribution in [1.82, 2.24) is 4.98 Å². The van der Waals surface area contributed by atoms with E-state index in [0.29, 0.717) is 25.7 Å². The predicted molar refractivity (Wildman–Crippen MR) is 79.6 cm³/mol. The van der Waals surface area contributed by atoms with Gasteiger partial charge in [-0.05, 0) is 25.7 Å². The number of carbonyl (C=O) groups is 2. The third kappa shape index (κ3) is 4.42. The van der Waals surface area contributed by atoms with E-state index in [1.165, 1.54) is 12.3 Å². The molecule has 1 fully saturated rings. The molecule has 120 valence electrons. The number of hydrogen-bond donors (Lipinski definition) is 2. The molecular weight excluding hydrogens is 310 g/mol. The Bertz CT molecular complexity index is 578. The number of esters is 1. The molecule has 8 nitrogen and oxygen atoms in total. The van der Waals surface area contributed by atoms with Crippen LogP contribution in [-0.4, -0.2) is 39.9 Å². The van der Waals surface area contributed by atoms with E-state index < -0.39 is 5.97 Å². The van der Waals surface area contributed by atoms with Gasteiger partial charge in [0.15, 0.2) is 5.13 Å². The highest BCUT2D eigenvalue weighted by Crippen LogP contribution is 2.24. The molecule has 9 heteroatoms. The molecule has 1 aromatic heterocycles. The number of nitrogens with zero attached hydrogens (tertiary/aromatic N) is 2. The van der Waals surface area contributed by atoms with Crippen LogP contribution in [0.3, 0.4) is 0 Å². The van der Waals surface area contributed by atoms with Gasteiger partial charge in [-0.1, -0.05) is 5.16 Å². The molecule has 0 aromatic carbocycles. The van der Waals surface area contributed by atoms with Crippen molar-refractivity contribution in [3.05, 3.63) is 11.1 Å². The second-order valence-electron chi connectivity index (χ2n) is 4.93. The SMILES string of the molecule is CC(=O)O[C@H]1CC[C@@H](O/N=C(\C(=O)O)c2csc(N)n2)CC1. The van der Waals surface area contributed by atoms with Gasteiger partial charge in [0.2, 0.25) is 5.71 Å². The zero-order valence-electron chi connectivity index (χ0n) is 12.0. The van der Waals surface area contributed by atoms with E-state index in [0.717, 1.165) is 11.3 Å². The number of nitrogen functional groups attached to an aromatic ring is 1. The highest BCUT2D eigenvalue weighted by Gasteiger charge is 2.25. The van der Waals surface area contributed by atoms with Crippen molar-refractivity contribution in [2.45, 2.75) is 44.8 Å². The fourth-order valence-electron chi connectivity index (χ4n) is 2.21. The number of nitrogens with two attached hydrogens (primary N) is 1. The Kier molecular flexibility index (Phi) is 5.31. The van der Waals surface area contributed by atoms with Crippen molar-refractivity contribution in [3.63, 3.8) is 0 Å². The van der Waals surface area contributed by atoms with Gasteiger partial charge in [0.25, 0.3) is 0 Å². The molecule has 0 atom stereocenters. The number of carboxylic acids is 1. The van der Waals surface area contributed by atoms with E-state index in [1.54, 1.807) is 0 Å². The van der Waals surface area contributed by atoms with Gasteiger partial charge in [0, 0.05) is 12.3 Å². The summed E-state index contributed by atoms with van der Waals surface area (Å²) in [6.45, 7) is 1.38. The maximum atomic E-state index is 11.2. The Morgan fingerprint density at radius 2 is 2.00 bits per heavy atom. The number of rotatable bonds is 5. The molecule has 0 saturated heterocycles. The minimum Gasteiger partial charge on any atom is -0.476 e. The lowest BCUT2D eigenvalue weighted by Gasteiger charge is -2.26. The van der Waals surface area contributed by atoms with Crippen LogP contribution in [0, 0.1) is 0 Å². The van der Waals surface area contributed by atoms with E-state index >= 15 is 0 Å². The van der Waals surface area contributed by atoms with Crippen molar-refractivity contribution in [2.75, 3.05) is 5.73 Å². The lowest BCUT2D eigenvalue weighted by Crippen LogP contribution is -2.27. The number of ether oxygens (including phenoxy) is 1. The van der Waals surface area contributed by atoms with Crippen molar-refractivity contribution < 1.29 is 24.3 Å². The van der Waals surface area contributed by atoms with E-state index in [-0.39, 0.29) is 34.7 Å². The topological polar surface area (TPSA) is 124 Å². The Morgan fingerprint density at radius 3 is 2.50 bits per heavy atom. The van der Waals surface area contributed by atoms with Crippen LogP contribution in [0.1, 0.15) is 38.3 Å². The molecule has 22 heavy (non-hydrogen) atoms. The van der Waals surface area contributed by atoms with Crippen LogP contribution in [0.25, 0.3) is 0 Å². The summed E-state index contributed by atoms with van der Waals surface area (Å²) in [6, 6.07) is 0. The fraction of sp³-hybridized carbons (Fsp3) is 0.538. The van der Waals surface area contributed by atoms with Crippen molar-refractivity contribution in [3.8, 4) is 0 Å². The third-order valence-electron chi connectivity index (χ3n) is 3.21. The Morgan fingerprint density at radius 1 is 1.36 bits per heavy atom.